The SMILES string of the molecule is COc1ccc(CN2C(=S)N[C@@H](c3ccccn3)[C@H]2c2cc(C)n(-c3ncccc3C)c2C)cc1. The number of pyridine rings is 2. The monoisotopic (exact) mass is 483 g/mol. The number of aromatic nitrogens is 3. The Kier molecular flexibility index (Phi) is 6.26. The van der Waals surface area contributed by atoms with E-state index in [2.05, 4.69) is 75.9 Å². The predicted molar refractivity (Wildman–Crippen MR) is 142 cm³/mol. The molecule has 0 radical (unpaired) electrons. The molecule has 0 bridgehead atoms. The Morgan fingerprint density at radius 3 is 2.43 bits per heavy atom. The molecular formula is C28H29N5OS. The van der Waals surface area contributed by atoms with E-state index in [9.17, 15) is 0 Å². The molecule has 0 amide bonds. The van der Waals surface area contributed by atoms with Gasteiger partial charge in [0.2, 0.25) is 0 Å². The van der Waals surface area contributed by atoms with Crippen LogP contribution < -0.4 is 10.1 Å². The summed E-state index contributed by atoms with van der Waals surface area (Å²) < 4.78 is 7.58. The molecule has 0 unspecified atom stereocenters. The Balaban J connectivity index is 1.60. The molecule has 3 aromatic heterocycles. The summed E-state index contributed by atoms with van der Waals surface area (Å²) in [6.07, 6.45) is 3.68. The zero-order chi connectivity index (χ0) is 24.5. The van der Waals surface area contributed by atoms with Crippen LogP contribution in [0.25, 0.3) is 5.82 Å². The van der Waals surface area contributed by atoms with Gasteiger partial charge in [-0.1, -0.05) is 24.3 Å². The van der Waals surface area contributed by atoms with Crippen LogP contribution in [0.15, 0.2) is 73.1 Å². The minimum atomic E-state index is -0.0688. The summed E-state index contributed by atoms with van der Waals surface area (Å²) in [5.41, 5.74) is 6.77. The average molecular weight is 484 g/mol. The van der Waals surface area contributed by atoms with Crippen LogP contribution >= 0.6 is 12.2 Å². The van der Waals surface area contributed by atoms with Crippen LogP contribution in [-0.4, -0.2) is 31.7 Å². The Morgan fingerprint density at radius 1 is 0.971 bits per heavy atom. The van der Waals surface area contributed by atoms with Gasteiger partial charge in [0, 0.05) is 30.3 Å². The molecule has 2 atom stereocenters. The van der Waals surface area contributed by atoms with Crippen molar-refractivity contribution in [3.05, 3.63) is 107 Å². The third kappa shape index (κ3) is 4.28. The van der Waals surface area contributed by atoms with Gasteiger partial charge < -0.3 is 19.5 Å². The quantitative estimate of drug-likeness (QED) is 0.372. The van der Waals surface area contributed by atoms with Gasteiger partial charge in [-0.05, 0) is 86.1 Å². The van der Waals surface area contributed by atoms with Gasteiger partial charge in [0.15, 0.2) is 5.11 Å². The van der Waals surface area contributed by atoms with Crippen molar-refractivity contribution >= 4 is 17.3 Å². The molecule has 0 spiro atoms. The van der Waals surface area contributed by atoms with E-state index in [-0.39, 0.29) is 12.1 Å². The molecule has 1 fully saturated rings. The zero-order valence-corrected chi connectivity index (χ0v) is 21.2. The second kappa shape index (κ2) is 9.50. The van der Waals surface area contributed by atoms with Gasteiger partial charge >= 0.3 is 0 Å². The van der Waals surface area contributed by atoms with Crippen molar-refractivity contribution in [1.29, 1.82) is 0 Å². The fourth-order valence-electron chi connectivity index (χ4n) is 4.97. The summed E-state index contributed by atoms with van der Waals surface area (Å²) in [6.45, 7) is 7.07. The Hall–Kier alpha value is -3.71. The topological polar surface area (TPSA) is 55.2 Å². The summed E-state index contributed by atoms with van der Waals surface area (Å²) >= 11 is 5.88. The first-order valence-electron chi connectivity index (χ1n) is 11.7. The van der Waals surface area contributed by atoms with Crippen molar-refractivity contribution < 1.29 is 4.74 Å². The average Bonchev–Trinajstić information content (AvgIpc) is 3.35. The number of hydrogen-bond donors (Lipinski definition) is 1. The minimum absolute atomic E-state index is 0.0246. The summed E-state index contributed by atoms with van der Waals surface area (Å²) in [7, 11) is 1.68. The van der Waals surface area contributed by atoms with E-state index in [0.29, 0.717) is 6.54 Å². The van der Waals surface area contributed by atoms with Gasteiger partial charge in [-0.25, -0.2) is 4.98 Å². The molecule has 4 aromatic rings. The van der Waals surface area contributed by atoms with Crippen molar-refractivity contribution in [3.63, 3.8) is 0 Å². The lowest BCUT2D eigenvalue weighted by Crippen LogP contribution is -2.29. The van der Waals surface area contributed by atoms with E-state index < -0.39 is 0 Å². The molecule has 4 heterocycles. The number of hydrogen-bond acceptors (Lipinski definition) is 4. The van der Waals surface area contributed by atoms with Crippen molar-refractivity contribution in [3.8, 4) is 11.6 Å². The van der Waals surface area contributed by atoms with Crippen LogP contribution in [0.3, 0.4) is 0 Å². The van der Waals surface area contributed by atoms with Gasteiger partial charge in [-0.15, -0.1) is 0 Å². The summed E-state index contributed by atoms with van der Waals surface area (Å²) in [5, 5.41) is 4.29. The molecule has 6 nitrogen and oxygen atoms in total. The van der Waals surface area contributed by atoms with E-state index >= 15 is 0 Å². The minimum Gasteiger partial charge on any atom is -0.497 e. The number of nitrogens with one attached hydrogen (secondary N) is 1. The van der Waals surface area contributed by atoms with Crippen LogP contribution in [0, 0.1) is 20.8 Å². The van der Waals surface area contributed by atoms with Crippen molar-refractivity contribution in [1.82, 2.24) is 24.8 Å². The van der Waals surface area contributed by atoms with Crippen LogP contribution in [0.1, 0.15) is 45.9 Å². The fourth-order valence-corrected chi connectivity index (χ4v) is 5.27. The molecule has 178 valence electrons. The summed E-state index contributed by atoms with van der Waals surface area (Å²) in [5.74, 6) is 1.80. The molecule has 1 saturated heterocycles. The molecule has 1 aliphatic rings. The zero-order valence-electron chi connectivity index (χ0n) is 20.4. The van der Waals surface area contributed by atoms with Gasteiger partial charge in [0.05, 0.1) is 24.9 Å². The second-order valence-corrected chi connectivity index (χ2v) is 9.30. The first-order valence-corrected chi connectivity index (χ1v) is 12.1. The molecule has 1 N–H and O–H groups in total. The fraction of sp³-hybridized carbons (Fsp3) is 0.250. The lowest BCUT2D eigenvalue weighted by molar-refractivity contribution is 0.310. The van der Waals surface area contributed by atoms with Crippen LogP contribution in [0.4, 0.5) is 0 Å². The molecule has 1 aromatic carbocycles. The Bertz CT molecular complexity index is 1350. The molecule has 35 heavy (non-hydrogen) atoms. The van der Waals surface area contributed by atoms with Gasteiger partial charge in [0.1, 0.15) is 11.6 Å². The van der Waals surface area contributed by atoms with Gasteiger partial charge in [-0.2, -0.15) is 0 Å². The summed E-state index contributed by atoms with van der Waals surface area (Å²) in [4.78, 5) is 11.6. The maximum absolute atomic E-state index is 5.88. The predicted octanol–water partition coefficient (Wildman–Crippen LogP) is 5.37. The lowest BCUT2D eigenvalue weighted by atomic mass is 9.96. The van der Waals surface area contributed by atoms with Crippen molar-refractivity contribution in [2.45, 2.75) is 39.4 Å². The first-order chi connectivity index (χ1) is 17.0. The van der Waals surface area contributed by atoms with Crippen LogP contribution in [0.2, 0.25) is 0 Å². The number of rotatable bonds is 6. The van der Waals surface area contributed by atoms with E-state index in [4.69, 9.17) is 17.0 Å². The van der Waals surface area contributed by atoms with Crippen molar-refractivity contribution in [2.24, 2.45) is 0 Å². The van der Waals surface area contributed by atoms with Gasteiger partial charge in [-0.3, -0.25) is 4.98 Å². The number of benzene rings is 1. The molecular weight excluding hydrogens is 454 g/mol. The number of methoxy groups -OCH3 is 1. The molecule has 0 saturated carbocycles. The largest absolute Gasteiger partial charge is 0.497 e. The van der Waals surface area contributed by atoms with E-state index in [0.717, 1.165) is 44.9 Å². The Morgan fingerprint density at radius 2 is 1.74 bits per heavy atom. The number of thiocarbonyl (C=S) groups is 1. The van der Waals surface area contributed by atoms with E-state index in [1.165, 1.54) is 5.56 Å². The number of aryl methyl sites for hydroxylation is 2. The number of nitrogens with zero attached hydrogens (tertiary/aromatic N) is 4. The molecule has 0 aliphatic carbocycles. The highest BCUT2D eigenvalue weighted by atomic mass is 32.1. The normalized spacial score (nSPS) is 17.5. The highest BCUT2D eigenvalue weighted by Crippen LogP contribution is 2.42. The Labute approximate surface area is 211 Å². The van der Waals surface area contributed by atoms with Crippen molar-refractivity contribution in [2.75, 3.05) is 7.11 Å². The summed E-state index contributed by atoms with van der Waals surface area (Å²) in [6, 6.07) is 20.4. The third-order valence-corrected chi connectivity index (χ3v) is 7.04. The smallest absolute Gasteiger partial charge is 0.170 e. The maximum atomic E-state index is 5.88. The molecule has 7 heteroatoms. The van der Waals surface area contributed by atoms with Crippen LogP contribution in [-0.2, 0) is 6.54 Å². The van der Waals surface area contributed by atoms with Gasteiger partial charge in [0.25, 0.3) is 0 Å². The van der Waals surface area contributed by atoms with E-state index in [1.54, 1.807) is 7.11 Å². The highest BCUT2D eigenvalue weighted by Gasteiger charge is 2.41. The lowest BCUT2D eigenvalue weighted by Gasteiger charge is -2.28. The first kappa shape index (κ1) is 23.1. The number of ether oxygens (including phenoxy) is 1. The standard InChI is InChI=1S/C28H29N5OS/c1-18-8-7-15-30-27(18)33-19(2)16-23(20(33)3)26-25(24-9-5-6-14-29-24)31-28(35)32(26)17-21-10-12-22(34-4)13-11-21/h5-16,25-26H,17H2,1-4H3,(H,31,35)/t25-,26+/m0/s1. The molecule has 5 rings (SSSR count). The molecule has 1 aliphatic heterocycles. The highest BCUT2D eigenvalue weighted by molar-refractivity contribution is 7.80. The maximum Gasteiger partial charge on any atom is 0.170 e. The second-order valence-electron chi connectivity index (χ2n) is 8.91. The van der Waals surface area contributed by atoms with Crippen LogP contribution in [0.5, 0.6) is 5.75 Å². The van der Waals surface area contributed by atoms with E-state index in [1.807, 2.05) is 42.7 Å². The third-order valence-electron chi connectivity index (χ3n) is 6.69.